The lowest BCUT2D eigenvalue weighted by molar-refractivity contribution is -0.117. The van der Waals surface area contributed by atoms with Gasteiger partial charge in [0.05, 0.1) is 24.4 Å². The molecule has 0 radical (unpaired) electrons. The number of hydrogen-bond acceptors (Lipinski definition) is 4. The third kappa shape index (κ3) is 3.50. The zero-order valence-corrected chi connectivity index (χ0v) is 12.2. The van der Waals surface area contributed by atoms with Crippen LogP contribution in [0.5, 0.6) is 0 Å². The summed E-state index contributed by atoms with van der Waals surface area (Å²) in [4.78, 5) is 16.5. The smallest absolute Gasteiger partial charge is 0.226 e. The van der Waals surface area contributed by atoms with Crippen LogP contribution < -0.4 is 10.6 Å². The number of nitrogens with one attached hydrogen (secondary N) is 2. The van der Waals surface area contributed by atoms with Gasteiger partial charge in [-0.3, -0.25) is 9.78 Å². The maximum absolute atomic E-state index is 12.2. The SMILES string of the molecule is O=C(CC1COCCN1)Nc1cc(Cl)cc2cccnc12. The molecular formula is C15H16ClN3O2. The molecule has 1 saturated heterocycles. The fraction of sp³-hybridized carbons (Fsp3) is 0.333. The first-order chi connectivity index (χ1) is 10.2. The van der Waals surface area contributed by atoms with Crippen molar-refractivity contribution in [1.29, 1.82) is 0 Å². The van der Waals surface area contributed by atoms with Crippen molar-refractivity contribution in [3.8, 4) is 0 Å². The van der Waals surface area contributed by atoms with Crippen LogP contribution in [0.4, 0.5) is 5.69 Å². The number of amides is 1. The monoisotopic (exact) mass is 305 g/mol. The molecule has 1 amide bonds. The Bertz CT molecular complexity index is 656. The lowest BCUT2D eigenvalue weighted by atomic mass is 10.1. The molecule has 0 bridgehead atoms. The molecule has 5 nitrogen and oxygen atoms in total. The number of carbonyl (C=O) groups is 1. The van der Waals surface area contributed by atoms with Gasteiger partial charge in [-0.15, -0.1) is 0 Å². The third-order valence-corrected chi connectivity index (χ3v) is 3.59. The Kier molecular flexibility index (Phi) is 4.34. The van der Waals surface area contributed by atoms with E-state index in [0.29, 0.717) is 30.3 Å². The highest BCUT2D eigenvalue weighted by Gasteiger charge is 2.17. The van der Waals surface area contributed by atoms with Gasteiger partial charge < -0.3 is 15.4 Å². The van der Waals surface area contributed by atoms with Gasteiger partial charge in [-0.2, -0.15) is 0 Å². The maximum Gasteiger partial charge on any atom is 0.226 e. The van der Waals surface area contributed by atoms with E-state index in [-0.39, 0.29) is 11.9 Å². The van der Waals surface area contributed by atoms with Crippen LogP contribution in [-0.4, -0.2) is 36.7 Å². The topological polar surface area (TPSA) is 63.2 Å². The summed E-state index contributed by atoms with van der Waals surface area (Å²) in [5.41, 5.74) is 1.38. The van der Waals surface area contributed by atoms with Crippen molar-refractivity contribution in [1.82, 2.24) is 10.3 Å². The molecule has 6 heteroatoms. The Labute approximate surface area is 127 Å². The molecule has 2 heterocycles. The molecule has 0 aliphatic carbocycles. The predicted octanol–water partition coefficient (Wildman–Crippen LogP) is 2.21. The number of aromatic nitrogens is 1. The molecule has 1 atom stereocenters. The quantitative estimate of drug-likeness (QED) is 0.912. The highest BCUT2D eigenvalue weighted by Crippen LogP contribution is 2.26. The molecule has 1 aromatic carbocycles. The van der Waals surface area contributed by atoms with Gasteiger partial charge in [-0.1, -0.05) is 17.7 Å². The Hall–Kier alpha value is -1.69. The van der Waals surface area contributed by atoms with Crippen molar-refractivity contribution in [3.05, 3.63) is 35.5 Å². The highest BCUT2D eigenvalue weighted by molar-refractivity contribution is 6.32. The largest absolute Gasteiger partial charge is 0.378 e. The molecule has 0 spiro atoms. The van der Waals surface area contributed by atoms with E-state index in [0.717, 1.165) is 17.4 Å². The minimum absolute atomic E-state index is 0.0529. The Balaban J connectivity index is 1.76. The van der Waals surface area contributed by atoms with Crippen LogP contribution >= 0.6 is 11.6 Å². The number of rotatable bonds is 3. The van der Waals surface area contributed by atoms with Gasteiger partial charge in [-0.05, 0) is 18.2 Å². The predicted molar refractivity (Wildman–Crippen MR) is 82.6 cm³/mol. The number of morpholine rings is 1. The lowest BCUT2D eigenvalue weighted by Crippen LogP contribution is -2.43. The van der Waals surface area contributed by atoms with E-state index < -0.39 is 0 Å². The van der Waals surface area contributed by atoms with E-state index in [9.17, 15) is 4.79 Å². The van der Waals surface area contributed by atoms with Crippen molar-refractivity contribution >= 4 is 34.1 Å². The van der Waals surface area contributed by atoms with Crippen LogP contribution in [0.15, 0.2) is 30.5 Å². The molecule has 1 aromatic heterocycles. The molecule has 1 aliphatic heterocycles. The number of fused-ring (bicyclic) bond motifs is 1. The number of pyridine rings is 1. The van der Waals surface area contributed by atoms with Gasteiger partial charge in [0.25, 0.3) is 0 Å². The molecule has 0 saturated carbocycles. The summed E-state index contributed by atoms with van der Waals surface area (Å²) in [7, 11) is 0. The number of hydrogen-bond donors (Lipinski definition) is 2. The summed E-state index contributed by atoms with van der Waals surface area (Å²) in [5, 5.41) is 7.62. The van der Waals surface area contributed by atoms with E-state index in [1.807, 2.05) is 18.2 Å². The first kappa shape index (κ1) is 14.3. The number of carbonyl (C=O) groups excluding carboxylic acids is 1. The number of benzene rings is 1. The summed E-state index contributed by atoms with van der Waals surface area (Å²) in [6, 6.07) is 7.36. The summed E-state index contributed by atoms with van der Waals surface area (Å²) < 4.78 is 5.35. The number of halogens is 1. The van der Waals surface area contributed by atoms with Gasteiger partial charge in [0.15, 0.2) is 0 Å². The zero-order valence-electron chi connectivity index (χ0n) is 11.4. The summed E-state index contributed by atoms with van der Waals surface area (Å²) in [6.07, 6.45) is 2.06. The first-order valence-electron chi connectivity index (χ1n) is 6.87. The van der Waals surface area contributed by atoms with Crippen LogP contribution in [0.25, 0.3) is 10.9 Å². The van der Waals surface area contributed by atoms with Gasteiger partial charge in [0, 0.05) is 35.6 Å². The average Bonchev–Trinajstić information content (AvgIpc) is 2.48. The summed E-state index contributed by atoms with van der Waals surface area (Å²) >= 11 is 6.09. The second-order valence-electron chi connectivity index (χ2n) is 5.01. The molecule has 110 valence electrons. The fourth-order valence-corrected chi connectivity index (χ4v) is 2.65. The molecule has 2 aromatic rings. The molecule has 21 heavy (non-hydrogen) atoms. The maximum atomic E-state index is 12.2. The Morgan fingerprint density at radius 3 is 3.24 bits per heavy atom. The van der Waals surface area contributed by atoms with E-state index >= 15 is 0 Å². The van der Waals surface area contributed by atoms with E-state index in [1.165, 1.54) is 0 Å². The van der Waals surface area contributed by atoms with Gasteiger partial charge in [0.1, 0.15) is 0 Å². The molecule has 3 rings (SSSR count). The van der Waals surface area contributed by atoms with Gasteiger partial charge in [-0.25, -0.2) is 0 Å². The number of ether oxygens (including phenoxy) is 1. The highest BCUT2D eigenvalue weighted by atomic mass is 35.5. The minimum atomic E-state index is -0.0766. The normalized spacial score (nSPS) is 18.6. The lowest BCUT2D eigenvalue weighted by Gasteiger charge is -2.23. The molecular weight excluding hydrogens is 290 g/mol. The van der Waals surface area contributed by atoms with Gasteiger partial charge in [0.2, 0.25) is 5.91 Å². The first-order valence-corrected chi connectivity index (χ1v) is 7.25. The Morgan fingerprint density at radius 2 is 2.43 bits per heavy atom. The van der Waals surface area contributed by atoms with Crippen molar-refractivity contribution in [2.24, 2.45) is 0 Å². The fourth-order valence-electron chi connectivity index (χ4n) is 2.43. The second kappa shape index (κ2) is 6.39. The minimum Gasteiger partial charge on any atom is -0.378 e. The van der Waals surface area contributed by atoms with Crippen LogP contribution in [0.2, 0.25) is 5.02 Å². The summed E-state index contributed by atoms with van der Waals surface area (Å²) in [6.45, 7) is 2.03. The van der Waals surface area contributed by atoms with E-state index in [4.69, 9.17) is 16.3 Å². The van der Waals surface area contributed by atoms with Crippen molar-refractivity contribution in [2.75, 3.05) is 25.1 Å². The molecule has 1 aliphatic rings. The van der Waals surface area contributed by atoms with Crippen LogP contribution in [-0.2, 0) is 9.53 Å². The molecule has 1 fully saturated rings. The van der Waals surface area contributed by atoms with Crippen LogP contribution in [0, 0.1) is 0 Å². The third-order valence-electron chi connectivity index (χ3n) is 3.37. The van der Waals surface area contributed by atoms with Crippen LogP contribution in [0.1, 0.15) is 6.42 Å². The van der Waals surface area contributed by atoms with Crippen molar-refractivity contribution < 1.29 is 9.53 Å². The number of nitrogens with zero attached hydrogens (tertiary/aromatic N) is 1. The molecule has 1 unspecified atom stereocenters. The second-order valence-corrected chi connectivity index (χ2v) is 5.44. The summed E-state index contributed by atoms with van der Waals surface area (Å²) in [5.74, 6) is -0.0766. The van der Waals surface area contributed by atoms with E-state index in [2.05, 4.69) is 15.6 Å². The number of anilines is 1. The molecule has 2 N–H and O–H groups in total. The van der Waals surface area contributed by atoms with Crippen LogP contribution in [0.3, 0.4) is 0 Å². The van der Waals surface area contributed by atoms with Crippen molar-refractivity contribution in [2.45, 2.75) is 12.5 Å². The standard InChI is InChI=1S/C15H16ClN3O2/c16-11-6-10-2-1-3-18-15(10)13(7-11)19-14(20)8-12-9-21-5-4-17-12/h1-3,6-7,12,17H,4-5,8-9H2,(H,19,20). The average molecular weight is 306 g/mol. The van der Waals surface area contributed by atoms with E-state index in [1.54, 1.807) is 12.3 Å². The van der Waals surface area contributed by atoms with Crippen molar-refractivity contribution in [3.63, 3.8) is 0 Å². The van der Waals surface area contributed by atoms with Gasteiger partial charge >= 0.3 is 0 Å². The Morgan fingerprint density at radius 1 is 1.52 bits per heavy atom. The zero-order chi connectivity index (χ0) is 14.7.